The molecule has 21 heavy (non-hydrogen) atoms. The second-order valence-corrected chi connectivity index (χ2v) is 6.34. The fraction of sp³-hybridized carbons (Fsp3) is 0.400. The first-order valence-corrected chi connectivity index (χ1v) is 7.90. The number of anilines is 1. The molecule has 0 saturated heterocycles. The van der Waals surface area contributed by atoms with Crippen molar-refractivity contribution in [3.63, 3.8) is 0 Å². The van der Waals surface area contributed by atoms with Gasteiger partial charge < -0.3 is 5.32 Å². The van der Waals surface area contributed by atoms with Gasteiger partial charge in [-0.3, -0.25) is 4.68 Å². The van der Waals surface area contributed by atoms with Crippen LogP contribution in [-0.4, -0.2) is 26.3 Å². The highest BCUT2D eigenvalue weighted by Gasteiger charge is 2.14. The Morgan fingerprint density at radius 3 is 2.71 bits per heavy atom. The van der Waals surface area contributed by atoms with Crippen LogP contribution in [0.4, 0.5) is 5.82 Å². The molecule has 0 aliphatic heterocycles. The minimum atomic E-state index is 0.595. The fourth-order valence-electron chi connectivity index (χ4n) is 2.36. The molecule has 0 amide bonds. The molecule has 0 spiro atoms. The Hall–Kier alpha value is -1.95. The lowest BCUT2D eigenvalue weighted by molar-refractivity contribution is 0.653. The SMILES string of the molecule is CCNc1nc(Cn2ccc(C)n2)nc2sc(C)c(C)c12. The van der Waals surface area contributed by atoms with Crippen molar-refractivity contribution >= 4 is 27.4 Å². The fourth-order valence-corrected chi connectivity index (χ4v) is 3.40. The number of nitrogens with one attached hydrogen (secondary N) is 1. The molecule has 0 aromatic carbocycles. The summed E-state index contributed by atoms with van der Waals surface area (Å²) in [5.41, 5.74) is 2.28. The molecule has 1 N–H and O–H groups in total. The maximum absolute atomic E-state index is 4.71. The van der Waals surface area contributed by atoms with Crippen LogP contribution in [0.1, 0.15) is 28.9 Å². The van der Waals surface area contributed by atoms with Crippen molar-refractivity contribution in [3.8, 4) is 0 Å². The Morgan fingerprint density at radius 2 is 2.05 bits per heavy atom. The monoisotopic (exact) mass is 301 g/mol. The summed E-state index contributed by atoms with van der Waals surface area (Å²) in [6, 6.07) is 1.99. The topological polar surface area (TPSA) is 55.6 Å². The van der Waals surface area contributed by atoms with E-state index in [2.05, 4.69) is 31.2 Å². The van der Waals surface area contributed by atoms with Crippen LogP contribution >= 0.6 is 11.3 Å². The molecule has 0 aliphatic carbocycles. The van der Waals surface area contributed by atoms with Gasteiger partial charge in [-0.05, 0) is 39.3 Å². The summed E-state index contributed by atoms with van der Waals surface area (Å²) in [7, 11) is 0. The minimum Gasteiger partial charge on any atom is -0.370 e. The number of thiophene rings is 1. The molecular formula is C15H19N5S. The van der Waals surface area contributed by atoms with E-state index in [1.54, 1.807) is 11.3 Å². The standard InChI is InChI=1S/C15H19N5S/c1-5-16-14-13-10(3)11(4)21-15(13)18-12(17-14)8-20-7-6-9(2)19-20/h6-7H,5,8H2,1-4H3,(H,16,17,18). The number of hydrogen-bond acceptors (Lipinski definition) is 5. The molecule has 0 atom stereocenters. The van der Waals surface area contributed by atoms with Crippen molar-refractivity contribution in [1.29, 1.82) is 0 Å². The maximum Gasteiger partial charge on any atom is 0.153 e. The van der Waals surface area contributed by atoms with Crippen molar-refractivity contribution in [1.82, 2.24) is 19.7 Å². The Morgan fingerprint density at radius 1 is 1.24 bits per heavy atom. The molecular weight excluding hydrogens is 282 g/mol. The van der Waals surface area contributed by atoms with Crippen molar-refractivity contribution in [3.05, 3.63) is 34.2 Å². The highest BCUT2D eigenvalue weighted by Crippen LogP contribution is 2.33. The number of rotatable bonds is 4. The van der Waals surface area contributed by atoms with Crippen LogP contribution in [0.5, 0.6) is 0 Å². The third-order valence-corrected chi connectivity index (χ3v) is 4.60. The van der Waals surface area contributed by atoms with Gasteiger partial charge in [0, 0.05) is 17.6 Å². The largest absolute Gasteiger partial charge is 0.370 e. The molecule has 110 valence electrons. The van der Waals surface area contributed by atoms with Gasteiger partial charge in [0.05, 0.1) is 11.1 Å². The van der Waals surface area contributed by atoms with Gasteiger partial charge in [-0.2, -0.15) is 5.10 Å². The molecule has 3 rings (SSSR count). The zero-order chi connectivity index (χ0) is 15.0. The van der Waals surface area contributed by atoms with Crippen LogP contribution in [0.3, 0.4) is 0 Å². The summed E-state index contributed by atoms with van der Waals surface area (Å²) >= 11 is 1.73. The molecule has 0 saturated carbocycles. The lowest BCUT2D eigenvalue weighted by Crippen LogP contribution is -2.08. The van der Waals surface area contributed by atoms with Gasteiger partial charge >= 0.3 is 0 Å². The van der Waals surface area contributed by atoms with E-state index in [0.29, 0.717) is 6.54 Å². The highest BCUT2D eigenvalue weighted by molar-refractivity contribution is 7.18. The maximum atomic E-state index is 4.71. The predicted octanol–water partition coefficient (Wildman–Crippen LogP) is 3.29. The first kappa shape index (κ1) is 14.0. The van der Waals surface area contributed by atoms with Gasteiger partial charge in [0.1, 0.15) is 17.2 Å². The van der Waals surface area contributed by atoms with Gasteiger partial charge in [-0.25, -0.2) is 9.97 Å². The van der Waals surface area contributed by atoms with Crippen molar-refractivity contribution in [2.45, 2.75) is 34.2 Å². The average molecular weight is 301 g/mol. The van der Waals surface area contributed by atoms with Crippen molar-refractivity contribution < 1.29 is 0 Å². The van der Waals surface area contributed by atoms with Crippen LogP contribution in [0.15, 0.2) is 12.3 Å². The van der Waals surface area contributed by atoms with Crippen LogP contribution in [0.25, 0.3) is 10.2 Å². The average Bonchev–Trinajstić information content (AvgIpc) is 2.95. The van der Waals surface area contributed by atoms with Crippen LogP contribution in [0.2, 0.25) is 0 Å². The van der Waals surface area contributed by atoms with Crippen LogP contribution in [-0.2, 0) is 6.54 Å². The van der Waals surface area contributed by atoms with E-state index in [1.165, 1.54) is 10.4 Å². The van der Waals surface area contributed by atoms with Crippen LogP contribution < -0.4 is 5.32 Å². The van der Waals surface area contributed by atoms with Gasteiger partial charge in [0.25, 0.3) is 0 Å². The highest BCUT2D eigenvalue weighted by atomic mass is 32.1. The van der Waals surface area contributed by atoms with E-state index in [1.807, 2.05) is 23.9 Å². The Kier molecular flexibility index (Phi) is 3.63. The first-order valence-electron chi connectivity index (χ1n) is 7.09. The van der Waals surface area contributed by atoms with E-state index < -0.39 is 0 Å². The summed E-state index contributed by atoms with van der Waals surface area (Å²) in [5.74, 6) is 1.73. The molecule has 3 heterocycles. The number of nitrogens with zero attached hydrogens (tertiary/aromatic N) is 4. The molecule has 6 heteroatoms. The third-order valence-electron chi connectivity index (χ3n) is 3.50. The quantitative estimate of drug-likeness (QED) is 0.803. The Bertz CT molecular complexity index is 787. The summed E-state index contributed by atoms with van der Waals surface area (Å²) in [6.45, 7) is 9.78. The molecule has 0 unspecified atom stereocenters. The lowest BCUT2D eigenvalue weighted by atomic mass is 10.2. The molecule has 3 aromatic heterocycles. The van der Waals surface area contributed by atoms with E-state index in [0.717, 1.165) is 34.1 Å². The third kappa shape index (κ3) is 2.63. The van der Waals surface area contributed by atoms with Gasteiger partial charge in [-0.15, -0.1) is 11.3 Å². The Balaban J connectivity index is 2.07. The molecule has 0 bridgehead atoms. The zero-order valence-electron chi connectivity index (χ0n) is 12.8. The molecule has 5 nitrogen and oxygen atoms in total. The summed E-state index contributed by atoms with van der Waals surface area (Å²) in [4.78, 5) is 11.8. The van der Waals surface area contributed by atoms with Gasteiger partial charge in [0.15, 0.2) is 5.82 Å². The van der Waals surface area contributed by atoms with E-state index in [9.17, 15) is 0 Å². The molecule has 0 fully saturated rings. The minimum absolute atomic E-state index is 0.595. The predicted molar refractivity (Wildman–Crippen MR) is 87.1 cm³/mol. The van der Waals surface area contributed by atoms with E-state index in [-0.39, 0.29) is 0 Å². The number of aromatic nitrogens is 4. The number of fused-ring (bicyclic) bond motifs is 1. The number of aryl methyl sites for hydroxylation is 3. The van der Waals surface area contributed by atoms with Crippen molar-refractivity contribution in [2.75, 3.05) is 11.9 Å². The van der Waals surface area contributed by atoms with Crippen molar-refractivity contribution in [2.24, 2.45) is 0 Å². The summed E-state index contributed by atoms with van der Waals surface area (Å²) in [6.07, 6.45) is 1.96. The molecule has 0 radical (unpaired) electrons. The van der Waals surface area contributed by atoms with E-state index >= 15 is 0 Å². The second-order valence-electron chi connectivity index (χ2n) is 5.14. The zero-order valence-corrected chi connectivity index (χ0v) is 13.6. The lowest BCUT2D eigenvalue weighted by Gasteiger charge is -2.08. The van der Waals surface area contributed by atoms with E-state index in [4.69, 9.17) is 9.97 Å². The Labute approximate surface area is 128 Å². The number of hydrogen-bond donors (Lipinski definition) is 1. The van der Waals surface area contributed by atoms with Gasteiger partial charge in [0.2, 0.25) is 0 Å². The molecule has 0 aliphatic rings. The van der Waals surface area contributed by atoms with Gasteiger partial charge in [-0.1, -0.05) is 0 Å². The normalized spacial score (nSPS) is 11.2. The first-order chi connectivity index (χ1) is 10.1. The molecule has 3 aromatic rings. The second kappa shape index (κ2) is 5.44. The summed E-state index contributed by atoms with van der Waals surface area (Å²) in [5, 5.41) is 8.92. The summed E-state index contributed by atoms with van der Waals surface area (Å²) < 4.78 is 1.87. The smallest absolute Gasteiger partial charge is 0.153 e. The van der Waals surface area contributed by atoms with Crippen LogP contribution in [0, 0.1) is 20.8 Å².